The molecule has 2 fully saturated rings. The minimum absolute atomic E-state index is 0.203. The molecule has 0 aromatic heterocycles. The van der Waals surface area contributed by atoms with Gasteiger partial charge in [-0.2, -0.15) is 0 Å². The lowest BCUT2D eigenvalue weighted by Gasteiger charge is -2.36. The molecule has 0 amide bonds. The quantitative estimate of drug-likeness (QED) is 0.687. The first-order valence-electron chi connectivity index (χ1n) is 11.2. The predicted octanol–water partition coefficient (Wildman–Crippen LogP) is 5.34. The highest BCUT2D eigenvalue weighted by Gasteiger charge is 2.32. The molecule has 4 heteroatoms. The number of fused-ring (bicyclic) bond motifs is 1. The second kappa shape index (κ2) is 8.74. The van der Waals surface area contributed by atoms with Crippen LogP contribution in [0, 0.1) is 17.8 Å². The van der Waals surface area contributed by atoms with E-state index in [1.54, 1.807) is 0 Å². The second-order valence-corrected chi connectivity index (χ2v) is 9.08. The molecule has 0 radical (unpaired) electrons. The van der Waals surface area contributed by atoms with Gasteiger partial charge >= 0.3 is 5.97 Å². The molecule has 2 aliphatic rings. The van der Waals surface area contributed by atoms with Crippen LogP contribution in [0.3, 0.4) is 0 Å². The van der Waals surface area contributed by atoms with E-state index in [2.05, 4.69) is 55.1 Å². The van der Waals surface area contributed by atoms with Crippen molar-refractivity contribution in [3.05, 3.63) is 42.0 Å². The van der Waals surface area contributed by atoms with Crippen LogP contribution >= 0.6 is 0 Å². The predicted molar refractivity (Wildman–Crippen MR) is 116 cm³/mol. The van der Waals surface area contributed by atoms with Crippen LogP contribution in [0.25, 0.3) is 10.8 Å². The Kier molecular flexibility index (Phi) is 6.09. The summed E-state index contributed by atoms with van der Waals surface area (Å²) in [6.45, 7) is 6.79. The molecule has 1 aliphatic heterocycles. The number of rotatable bonds is 7. The van der Waals surface area contributed by atoms with Crippen molar-refractivity contribution in [3.63, 3.8) is 0 Å². The molecule has 1 saturated heterocycles. The van der Waals surface area contributed by atoms with Crippen LogP contribution in [0.4, 0.5) is 0 Å². The number of nitrogens with zero attached hydrogens (tertiary/aromatic N) is 1. The molecule has 4 rings (SSSR count). The number of hydrogen-bond acceptors (Lipinski definition) is 3. The largest absolute Gasteiger partial charge is 0.490 e. The normalized spacial score (nSPS) is 24.2. The van der Waals surface area contributed by atoms with E-state index in [1.807, 2.05) is 0 Å². The van der Waals surface area contributed by atoms with Crippen LogP contribution in [-0.2, 0) is 11.3 Å². The Morgan fingerprint density at radius 3 is 2.62 bits per heavy atom. The van der Waals surface area contributed by atoms with Crippen LogP contribution in [-0.4, -0.2) is 35.2 Å². The fourth-order valence-corrected chi connectivity index (χ4v) is 4.91. The van der Waals surface area contributed by atoms with Gasteiger partial charge in [-0.3, -0.25) is 9.69 Å². The van der Waals surface area contributed by atoms with Gasteiger partial charge in [0.05, 0.1) is 12.0 Å². The van der Waals surface area contributed by atoms with Gasteiger partial charge in [-0.05, 0) is 60.6 Å². The molecule has 0 spiro atoms. The SMILES string of the molecule is CCC(C)C1CCC(Oc2cccc3cc(CN4CC(C(=O)O)C4)ccc23)CC1. The van der Waals surface area contributed by atoms with Gasteiger partial charge in [0.2, 0.25) is 0 Å². The third-order valence-electron chi connectivity index (χ3n) is 7.08. The van der Waals surface area contributed by atoms with Crippen molar-refractivity contribution in [1.29, 1.82) is 0 Å². The molecule has 1 unspecified atom stereocenters. The molecule has 156 valence electrons. The Morgan fingerprint density at radius 2 is 1.93 bits per heavy atom. The van der Waals surface area contributed by atoms with Gasteiger partial charge in [0.1, 0.15) is 5.75 Å². The molecule has 2 aromatic carbocycles. The topological polar surface area (TPSA) is 49.8 Å². The summed E-state index contributed by atoms with van der Waals surface area (Å²) in [7, 11) is 0. The smallest absolute Gasteiger partial charge is 0.309 e. The third-order valence-corrected chi connectivity index (χ3v) is 7.08. The highest BCUT2D eigenvalue weighted by Crippen LogP contribution is 2.35. The number of carboxylic acids is 1. The van der Waals surface area contributed by atoms with E-state index in [4.69, 9.17) is 9.84 Å². The maximum Gasteiger partial charge on any atom is 0.309 e. The monoisotopic (exact) mass is 395 g/mol. The molecular formula is C25H33NO3. The fraction of sp³-hybridized carbons (Fsp3) is 0.560. The van der Waals surface area contributed by atoms with Gasteiger partial charge in [-0.1, -0.05) is 44.5 Å². The lowest BCUT2D eigenvalue weighted by molar-refractivity contribution is -0.147. The van der Waals surface area contributed by atoms with Gasteiger partial charge in [0, 0.05) is 25.0 Å². The van der Waals surface area contributed by atoms with Gasteiger partial charge in [-0.25, -0.2) is 0 Å². The molecule has 1 aliphatic carbocycles. The van der Waals surface area contributed by atoms with Crippen molar-refractivity contribution in [2.45, 2.75) is 58.6 Å². The number of hydrogen-bond donors (Lipinski definition) is 1. The summed E-state index contributed by atoms with van der Waals surface area (Å²) in [5.74, 6) is 1.79. The molecule has 29 heavy (non-hydrogen) atoms. The standard InChI is InChI=1S/C25H33NO3/c1-3-17(2)19-8-10-22(11-9-19)29-24-6-4-5-20-13-18(7-12-23(20)24)14-26-15-21(16-26)25(27)28/h4-7,12-13,17,19,21-22H,3,8-11,14-16H2,1-2H3,(H,27,28). The number of carbonyl (C=O) groups is 1. The fourth-order valence-electron chi connectivity index (χ4n) is 4.91. The number of aliphatic carboxylic acids is 1. The second-order valence-electron chi connectivity index (χ2n) is 9.08. The van der Waals surface area contributed by atoms with Crippen LogP contribution in [0.5, 0.6) is 5.75 Å². The third kappa shape index (κ3) is 4.58. The van der Waals surface area contributed by atoms with Crippen LogP contribution in [0.15, 0.2) is 36.4 Å². The Labute approximate surface area is 173 Å². The molecule has 1 saturated carbocycles. The number of ether oxygens (including phenoxy) is 1. The van der Waals surface area contributed by atoms with E-state index in [0.717, 1.165) is 37.0 Å². The molecule has 4 nitrogen and oxygen atoms in total. The Morgan fingerprint density at radius 1 is 1.17 bits per heavy atom. The van der Waals surface area contributed by atoms with E-state index < -0.39 is 5.97 Å². The average molecular weight is 396 g/mol. The van der Waals surface area contributed by atoms with Crippen molar-refractivity contribution < 1.29 is 14.6 Å². The first-order chi connectivity index (χ1) is 14.0. The zero-order valence-corrected chi connectivity index (χ0v) is 17.6. The van der Waals surface area contributed by atoms with Crippen molar-refractivity contribution in [3.8, 4) is 5.75 Å². The molecule has 1 atom stereocenters. The summed E-state index contributed by atoms with van der Waals surface area (Å²) in [5.41, 5.74) is 1.23. The van der Waals surface area contributed by atoms with E-state index in [9.17, 15) is 4.79 Å². The highest BCUT2D eigenvalue weighted by atomic mass is 16.5. The van der Waals surface area contributed by atoms with Crippen molar-refractivity contribution in [2.75, 3.05) is 13.1 Å². The highest BCUT2D eigenvalue weighted by molar-refractivity contribution is 5.88. The summed E-state index contributed by atoms with van der Waals surface area (Å²) < 4.78 is 6.45. The van der Waals surface area contributed by atoms with Crippen LogP contribution in [0.1, 0.15) is 51.5 Å². The first kappa shape index (κ1) is 20.2. The minimum Gasteiger partial charge on any atom is -0.490 e. The molecule has 1 N–H and O–H groups in total. The van der Waals surface area contributed by atoms with Gasteiger partial charge in [0.25, 0.3) is 0 Å². The summed E-state index contributed by atoms with van der Waals surface area (Å²) in [4.78, 5) is 13.2. The summed E-state index contributed by atoms with van der Waals surface area (Å²) >= 11 is 0. The number of benzene rings is 2. The van der Waals surface area contributed by atoms with Crippen LogP contribution in [0.2, 0.25) is 0 Å². The lowest BCUT2D eigenvalue weighted by Crippen LogP contribution is -2.49. The number of carboxylic acid groups (broad SMARTS) is 1. The Balaban J connectivity index is 1.39. The van der Waals surface area contributed by atoms with E-state index in [0.29, 0.717) is 19.2 Å². The van der Waals surface area contributed by atoms with Crippen LogP contribution < -0.4 is 4.74 Å². The zero-order valence-electron chi connectivity index (χ0n) is 17.6. The van der Waals surface area contributed by atoms with E-state index >= 15 is 0 Å². The Hall–Kier alpha value is -2.07. The number of likely N-dealkylation sites (tertiary alicyclic amines) is 1. The lowest BCUT2D eigenvalue weighted by atomic mass is 9.79. The maximum atomic E-state index is 11.0. The van der Waals surface area contributed by atoms with Gasteiger partial charge < -0.3 is 9.84 Å². The molecule has 2 aromatic rings. The van der Waals surface area contributed by atoms with Gasteiger partial charge in [-0.15, -0.1) is 0 Å². The van der Waals surface area contributed by atoms with E-state index in [-0.39, 0.29) is 5.92 Å². The molecule has 0 bridgehead atoms. The average Bonchev–Trinajstić information content (AvgIpc) is 2.70. The summed E-state index contributed by atoms with van der Waals surface area (Å²) in [6.07, 6.45) is 6.47. The van der Waals surface area contributed by atoms with Crippen molar-refractivity contribution >= 4 is 16.7 Å². The van der Waals surface area contributed by atoms with Crippen molar-refractivity contribution in [1.82, 2.24) is 4.90 Å². The first-order valence-corrected chi connectivity index (χ1v) is 11.2. The molecule has 1 heterocycles. The van der Waals surface area contributed by atoms with E-state index in [1.165, 1.54) is 35.6 Å². The summed E-state index contributed by atoms with van der Waals surface area (Å²) in [6, 6.07) is 12.9. The maximum absolute atomic E-state index is 11.0. The van der Waals surface area contributed by atoms with Gasteiger partial charge in [0.15, 0.2) is 0 Å². The minimum atomic E-state index is -0.681. The zero-order chi connectivity index (χ0) is 20.4. The Bertz CT molecular complexity index is 850. The van der Waals surface area contributed by atoms with Crippen molar-refractivity contribution in [2.24, 2.45) is 17.8 Å². The summed E-state index contributed by atoms with van der Waals surface area (Å²) in [5, 5.41) is 11.4. The molecular weight excluding hydrogens is 362 g/mol.